The molecular weight excluding hydrogens is 122 g/mol. The zero-order valence-electron chi connectivity index (χ0n) is 4.40. The first-order valence-electron chi connectivity index (χ1n) is 2.23. The summed E-state index contributed by atoms with van der Waals surface area (Å²) in [5.74, 6) is 0.106. The van der Waals surface area contributed by atoms with E-state index in [2.05, 4.69) is 10.3 Å². The molecule has 1 radical (unpaired) electrons. The van der Waals surface area contributed by atoms with E-state index in [9.17, 15) is 4.79 Å². The highest BCUT2D eigenvalue weighted by molar-refractivity contribution is 6.02. The number of urea groups is 1. The number of carbonyl (C=O) groups excluding carboxylic acids is 1. The molecule has 0 unspecified atom stereocenters. The monoisotopic (exact) mass is 126 g/mol. The summed E-state index contributed by atoms with van der Waals surface area (Å²) in [5.41, 5.74) is 1.72. The fraction of sp³-hybridized carbons (Fsp3) is 0. The lowest BCUT2D eigenvalue weighted by Gasteiger charge is -2.00. The van der Waals surface area contributed by atoms with E-state index in [4.69, 9.17) is 5.21 Å². The van der Waals surface area contributed by atoms with Crippen molar-refractivity contribution in [2.24, 2.45) is 4.99 Å². The van der Waals surface area contributed by atoms with Crippen LogP contribution < -0.4 is 10.8 Å². The van der Waals surface area contributed by atoms with Gasteiger partial charge < -0.3 is 0 Å². The Kier molecular flexibility index (Phi) is 1.46. The molecule has 0 aromatic heterocycles. The lowest BCUT2D eigenvalue weighted by atomic mass is 10.5. The van der Waals surface area contributed by atoms with Gasteiger partial charge >= 0.3 is 6.03 Å². The zero-order chi connectivity index (χ0) is 6.69. The van der Waals surface area contributed by atoms with Gasteiger partial charge in [-0.05, 0) is 0 Å². The number of hydrogen-bond acceptors (Lipinski definition) is 3. The highest BCUT2D eigenvalue weighted by atomic mass is 16.5. The molecule has 0 spiro atoms. The molecule has 0 saturated carbocycles. The molecular formula is C4H4N3O2. The molecule has 2 amide bonds. The zero-order valence-corrected chi connectivity index (χ0v) is 4.40. The van der Waals surface area contributed by atoms with E-state index in [0.717, 1.165) is 0 Å². The Morgan fingerprint density at radius 2 is 2.44 bits per heavy atom. The summed E-state index contributed by atoms with van der Waals surface area (Å²) in [6.07, 6.45) is 2.63. The van der Waals surface area contributed by atoms with Crippen LogP contribution in [0, 0.1) is 0 Å². The van der Waals surface area contributed by atoms with Gasteiger partial charge in [-0.2, -0.15) is 10.3 Å². The van der Waals surface area contributed by atoms with Crippen molar-refractivity contribution < 1.29 is 10.0 Å². The molecule has 0 saturated heterocycles. The third kappa shape index (κ3) is 1.26. The second-order valence-electron chi connectivity index (χ2n) is 1.34. The van der Waals surface area contributed by atoms with Gasteiger partial charge in [0.25, 0.3) is 0 Å². The van der Waals surface area contributed by atoms with Crippen LogP contribution in [0.4, 0.5) is 4.79 Å². The van der Waals surface area contributed by atoms with Crippen molar-refractivity contribution in [3.8, 4) is 0 Å². The van der Waals surface area contributed by atoms with Crippen molar-refractivity contribution >= 4 is 11.9 Å². The smallest absolute Gasteiger partial charge is 0.290 e. The number of nitrogens with zero attached hydrogens (tertiary/aromatic N) is 2. The molecule has 0 aromatic rings. The molecule has 0 atom stereocenters. The number of rotatable bonds is 0. The average molecular weight is 126 g/mol. The molecule has 47 valence electrons. The maximum atomic E-state index is 10.3. The molecule has 5 heteroatoms. The third-order valence-corrected chi connectivity index (χ3v) is 0.748. The van der Waals surface area contributed by atoms with Gasteiger partial charge in [0.05, 0.1) is 0 Å². The van der Waals surface area contributed by atoms with Crippen LogP contribution in [0.5, 0.6) is 0 Å². The molecule has 1 aliphatic rings. The molecule has 1 rings (SSSR count). The number of hydroxylamine groups is 1. The number of amides is 2. The topological polar surface area (TPSA) is 75.8 Å². The molecule has 0 fully saturated rings. The lowest BCUT2D eigenvalue weighted by molar-refractivity contribution is 0.232. The normalized spacial score (nSPS) is 16.6. The van der Waals surface area contributed by atoms with Crippen LogP contribution in [-0.4, -0.2) is 17.1 Å². The van der Waals surface area contributed by atoms with Crippen LogP contribution in [0.1, 0.15) is 0 Å². The van der Waals surface area contributed by atoms with Gasteiger partial charge in [-0.25, -0.2) is 4.79 Å². The summed E-state index contributed by atoms with van der Waals surface area (Å²) >= 11 is 0. The molecule has 0 bridgehead atoms. The van der Waals surface area contributed by atoms with E-state index in [1.807, 2.05) is 0 Å². The fourth-order valence-electron chi connectivity index (χ4n) is 0.403. The number of carbonyl (C=O) groups is 1. The second-order valence-corrected chi connectivity index (χ2v) is 1.34. The summed E-state index contributed by atoms with van der Waals surface area (Å²) in [6.45, 7) is 0. The van der Waals surface area contributed by atoms with Crippen LogP contribution in [0.2, 0.25) is 0 Å². The van der Waals surface area contributed by atoms with Gasteiger partial charge in [0, 0.05) is 12.3 Å². The number of aliphatic imine (C=N–C) groups is 1. The quantitative estimate of drug-likeness (QED) is 0.434. The third-order valence-electron chi connectivity index (χ3n) is 0.748. The first-order chi connectivity index (χ1) is 4.33. The molecule has 5 nitrogen and oxygen atoms in total. The van der Waals surface area contributed by atoms with Gasteiger partial charge in [-0.15, -0.1) is 0 Å². The van der Waals surface area contributed by atoms with Crippen LogP contribution in [-0.2, 0) is 0 Å². The first kappa shape index (κ1) is 5.77. The number of amidine groups is 1. The van der Waals surface area contributed by atoms with Crippen LogP contribution >= 0.6 is 0 Å². The number of hydrogen-bond donors (Lipinski definition) is 2. The van der Waals surface area contributed by atoms with Crippen molar-refractivity contribution in [3.05, 3.63) is 12.3 Å². The van der Waals surface area contributed by atoms with E-state index in [1.165, 1.54) is 12.3 Å². The van der Waals surface area contributed by atoms with E-state index < -0.39 is 6.03 Å². The second kappa shape index (κ2) is 2.27. The van der Waals surface area contributed by atoms with Gasteiger partial charge in [-0.1, -0.05) is 0 Å². The molecule has 9 heavy (non-hydrogen) atoms. The standard InChI is InChI=1S/C4H4N3O2/c8-4-5-2-1-3(6-4)7-9/h1-2,9H,(H,6,7,8). The van der Waals surface area contributed by atoms with Crippen molar-refractivity contribution in [2.75, 3.05) is 0 Å². The van der Waals surface area contributed by atoms with Gasteiger partial charge in [0.2, 0.25) is 0 Å². The SMILES string of the molecule is O=C1[N]C=CC(NO)=N1. The summed E-state index contributed by atoms with van der Waals surface area (Å²) in [6, 6.07) is -0.617. The van der Waals surface area contributed by atoms with Crippen molar-refractivity contribution in [1.29, 1.82) is 0 Å². The molecule has 1 heterocycles. The summed E-state index contributed by atoms with van der Waals surface area (Å²) in [4.78, 5) is 13.5. The first-order valence-corrected chi connectivity index (χ1v) is 2.23. The minimum atomic E-state index is -0.617. The predicted molar refractivity (Wildman–Crippen MR) is 29.0 cm³/mol. The Hall–Kier alpha value is -1.36. The largest absolute Gasteiger partial charge is 0.369 e. The van der Waals surface area contributed by atoms with Crippen LogP contribution in [0.3, 0.4) is 0 Å². The Morgan fingerprint density at radius 3 is 2.89 bits per heavy atom. The summed E-state index contributed by atoms with van der Waals surface area (Å²) < 4.78 is 0. The van der Waals surface area contributed by atoms with E-state index in [1.54, 1.807) is 5.48 Å². The van der Waals surface area contributed by atoms with Crippen LogP contribution in [0.25, 0.3) is 0 Å². The Balaban J connectivity index is 2.70. The summed E-state index contributed by atoms with van der Waals surface area (Å²) in [7, 11) is 0. The molecule has 1 aliphatic heterocycles. The average Bonchev–Trinajstić information content (AvgIpc) is 1.88. The van der Waals surface area contributed by atoms with Gasteiger partial charge in [0.15, 0.2) is 5.84 Å². The highest BCUT2D eigenvalue weighted by Crippen LogP contribution is 1.87. The fourth-order valence-corrected chi connectivity index (χ4v) is 0.403. The minimum absolute atomic E-state index is 0.106. The molecule has 2 N–H and O–H groups in total. The highest BCUT2D eigenvalue weighted by Gasteiger charge is 2.03. The van der Waals surface area contributed by atoms with Crippen LogP contribution in [0.15, 0.2) is 17.3 Å². The Labute approximate surface area is 51.0 Å². The van der Waals surface area contributed by atoms with Gasteiger partial charge in [-0.3, -0.25) is 10.7 Å². The van der Waals surface area contributed by atoms with Crippen molar-refractivity contribution in [1.82, 2.24) is 10.8 Å². The van der Waals surface area contributed by atoms with E-state index in [0.29, 0.717) is 0 Å². The van der Waals surface area contributed by atoms with E-state index in [-0.39, 0.29) is 5.84 Å². The lowest BCUT2D eigenvalue weighted by Crippen LogP contribution is -2.23. The van der Waals surface area contributed by atoms with Crippen molar-refractivity contribution in [2.45, 2.75) is 0 Å². The Morgan fingerprint density at radius 1 is 1.67 bits per heavy atom. The van der Waals surface area contributed by atoms with Crippen molar-refractivity contribution in [3.63, 3.8) is 0 Å². The summed E-state index contributed by atoms with van der Waals surface area (Å²) in [5, 5.41) is 11.5. The predicted octanol–water partition coefficient (Wildman–Crippen LogP) is -0.385. The maximum Gasteiger partial charge on any atom is 0.369 e. The minimum Gasteiger partial charge on any atom is -0.290 e. The number of nitrogens with one attached hydrogen (secondary N) is 1. The molecule has 0 aliphatic carbocycles. The molecule has 0 aromatic carbocycles. The van der Waals surface area contributed by atoms with Gasteiger partial charge in [0.1, 0.15) is 0 Å². The Bertz CT molecular complexity index is 184. The maximum absolute atomic E-state index is 10.3. The van der Waals surface area contributed by atoms with E-state index >= 15 is 0 Å².